The molecule has 3 heteroatoms. The lowest BCUT2D eigenvalue weighted by Gasteiger charge is -2.28. The highest BCUT2D eigenvalue weighted by atomic mass is 16.5. The number of ether oxygens (including phenoxy) is 1. The summed E-state index contributed by atoms with van der Waals surface area (Å²) in [4.78, 5) is 12.2. The molecule has 0 radical (unpaired) electrons. The maximum Gasteiger partial charge on any atom is 0.312 e. The Labute approximate surface area is 109 Å². The molecule has 1 aromatic carbocycles. The molecule has 0 aromatic heterocycles. The van der Waals surface area contributed by atoms with Crippen LogP contribution in [-0.2, 0) is 16.1 Å². The molecule has 1 aliphatic heterocycles. The Morgan fingerprint density at radius 2 is 2.11 bits per heavy atom. The highest BCUT2D eigenvalue weighted by molar-refractivity contribution is 5.76. The van der Waals surface area contributed by atoms with Crippen LogP contribution in [0.1, 0.15) is 25.8 Å². The second-order valence-electron chi connectivity index (χ2n) is 5.47. The largest absolute Gasteiger partial charge is 0.460 e. The van der Waals surface area contributed by atoms with E-state index in [2.05, 4.69) is 5.32 Å². The molecule has 3 nitrogen and oxygen atoms in total. The van der Waals surface area contributed by atoms with Crippen molar-refractivity contribution in [3.63, 3.8) is 0 Å². The van der Waals surface area contributed by atoms with E-state index < -0.39 is 5.41 Å². The predicted octanol–water partition coefficient (Wildman–Crippen LogP) is 2.37. The van der Waals surface area contributed by atoms with E-state index in [-0.39, 0.29) is 5.97 Å². The molecular formula is C15H21NO2. The minimum absolute atomic E-state index is 0.0972. The van der Waals surface area contributed by atoms with Crippen LogP contribution >= 0.6 is 0 Å². The molecule has 1 saturated heterocycles. The van der Waals surface area contributed by atoms with E-state index in [9.17, 15) is 4.79 Å². The third-order valence-corrected chi connectivity index (χ3v) is 3.82. The summed E-state index contributed by atoms with van der Waals surface area (Å²) in [6, 6.07) is 9.80. The summed E-state index contributed by atoms with van der Waals surface area (Å²) in [7, 11) is 0. The quantitative estimate of drug-likeness (QED) is 0.830. The number of esters is 1. The number of nitrogens with one attached hydrogen (secondary N) is 1. The standard InChI is InChI=1S/C15H21NO2/c1-15(2,13-8-9-16-10-13)14(17)18-11-12-6-4-3-5-7-12/h3-7,13,16H,8-11H2,1-2H3. The summed E-state index contributed by atoms with van der Waals surface area (Å²) >= 11 is 0. The molecule has 0 saturated carbocycles. The molecule has 1 atom stereocenters. The van der Waals surface area contributed by atoms with E-state index in [1.807, 2.05) is 44.2 Å². The summed E-state index contributed by atoms with van der Waals surface area (Å²) in [5, 5.41) is 3.30. The molecule has 1 aliphatic rings. The first-order chi connectivity index (χ1) is 8.60. The van der Waals surface area contributed by atoms with Gasteiger partial charge in [-0.2, -0.15) is 0 Å². The van der Waals surface area contributed by atoms with Crippen molar-refractivity contribution in [2.75, 3.05) is 13.1 Å². The first kappa shape index (κ1) is 13.1. The zero-order valence-electron chi connectivity index (χ0n) is 11.1. The topological polar surface area (TPSA) is 38.3 Å². The highest BCUT2D eigenvalue weighted by Gasteiger charge is 2.39. The fourth-order valence-electron chi connectivity index (χ4n) is 2.35. The maximum absolute atomic E-state index is 12.2. The van der Waals surface area contributed by atoms with Gasteiger partial charge >= 0.3 is 5.97 Å². The second kappa shape index (κ2) is 5.53. The normalized spacial score (nSPS) is 19.8. The van der Waals surface area contributed by atoms with E-state index in [4.69, 9.17) is 4.74 Å². The average Bonchev–Trinajstić information content (AvgIpc) is 2.91. The van der Waals surface area contributed by atoms with Crippen molar-refractivity contribution in [1.29, 1.82) is 0 Å². The van der Waals surface area contributed by atoms with Crippen molar-refractivity contribution in [2.45, 2.75) is 26.9 Å². The van der Waals surface area contributed by atoms with E-state index >= 15 is 0 Å². The molecule has 0 spiro atoms. The van der Waals surface area contributed by atoms with Crippen LogP contribution in [0.4, 0.5) is 0 Å². The maximum atomic E-state index is 12.2. The Balaban J connectivity index is 1.91. The minimum atomic E-state index is -0.404. The Morgan fingerprint density at radius 1 is 1.39 bits per heavy atom. The Morgan fingerprint density at radius 3 is 2.72 bits per heavy atom. The monoisotopic (exact) mass is 247 g/mol. The molecule has 1 unspecified atom stereocenters. The van der Waals surface area contributed by atoms with Crippen molar-refractivity contribution >= 4 is 5.97 Å². The first-order valence-electron chi connectivity index (χ1n) is 6.52. The number of hydrogen-bond acceptors (Lipinski definition) is 3. The van der Waals surface area contributed by atoms with Crippen molar-refractivity contribution in [2.24, 2.45) is 11.3 Å². The minimum Gasteiger partial charge on any atom is -0.460 e. The lowest BCUT2D eigenvalue weighted by Crippen LogP contribution is -2.35. The van der Waals surface area contributed by atoms with Crippen LogP contribution in [0.3, 0.4) is 0 Å². The fourth-order valence-corrected chi connectivity index (χ4v) is 2.35. The second-order valence-corrected chi connectivity index (χ2v) is 5.47. The summed E-state index contributed by atoms with van der Waals surface area (Å²) < 4.78 is 5.44. The van der Waals surface area contributed by atoms with Crippen LogP contribution in [-0.4, -0.2) is 19.1 Å². The van der Waals surface area contributed by atoms with Gasteiger partial charge < -0.3 is 10.1 Å². The molecule has 1 aromatic rings. The molecule has 1 N–H and O–H groups in total. The van der Waals surface area contributed by atoms with Crippen molar-refractivity contribution < 1.29 is 9.53 Å². The molecule has 0 aliphatic carbocycles. The first-order valence-corrected chi connectivity index (χ1v) is 6.52. The summed E-state index contributed by atoms with van der Waals surface area (Å²) in [5.74, 6) is 0.279. The van der Waals surface area contributed by atoms with Crippen LogP contribution in [0, 0.1) is 11.3 Å². The van der Waals surface area contributed by atoms with Gasteiger partial charge in [0.15, 0.2) is 0 Å². The molecule has 0 bridgehead atoms. The van der Waals surface area contributed by atoms with Crippen LogP contribution < -0.4 is 5.32 Å². The van der Waals surface area contributed by atoms with Gasteiger partial charge in [0.25, 0.3) is 0 Å². The van der Waals surface area contributed by atoms with Gasteiger partial charge in [0.1, 0.15) is 6.61 Å². The Hall–Kier alpha value is -1.35. The van der Waals surface area contributed by atoms with Gasteiger partial charge in [0.05, 0.1) is 5.41 Å². The van der Waals surface area contributed by atoms with Crippen molar-refractivity contribution in [3.8, 4) is 0 Å². The van der Waals surface area contributed by atoms with E-state index in [1.54, 1.807) is 0 Å². The molecular weight excluding hydrogens is 226 g/mol. The van der Waals surface area contributed by atoms with Crippen LogP contribution in [0.25, 0.3) is 0 Å². The zero-order chi connectivity index (χ0) is 13.0. The number of carbonyl (C=O) groups excluding carboxylic acids is 1. The van der Waals surface area contributed by atoms with Crippen LogP contribution in [0.5, 0.6) is 0 Å². The lowest BCUT2D eigenvalue weighted by molar-refractivity contribution is -0.158. The number of benzene rings is 1. The third-order valence-electron chi connectivity index (χ3n) is 3.82. The van der Waals surface area contributed by atoms with Gasteiger partial charge in [0, 0.05) is 0 Å². The van der Waals surface area contributed by atoms with E-state index in [0.29, 0.717) is 12.5 Å². The zero-order valence-corrected chi connectivity index (χ0v) is 11.1. The number of rotatable bonds is 4. The van der Waals surface area contributed by atoms with Gasteiger partial charge in [-0.3, -0.25) is 4.79 Å². The van der Waals surface area contributed by atoms with Gasteiger partial charge in [-0.05, 0) is 44.8 Å². The number of carbonyl (C=O) groups is 1. The van der Waals surface area contributed by atoms with Gasteiger partial charge in [-0.15, -0.1) is 0 Å². The molecule has 1 fully saturated rings. The molecule has 18 heavy (non-hydrogen) atoms. The van der Waals surface area contributed by atoms with E-state index in [0.717, 1.165) is 25.1 Å². The van der Waals surface area contributed by atoms with Crippen molar-refractivity contribution in [1.82, 2.24) is 5.32 Å². The van der Waals surface area contributed by atoms with Gasteiger partial charge in [0.2, 0.25) is 0 Å². The molecule has 1 heterocycles. The molecule has 2 rings (SSSR count). The van der Waals surface area contributed by atoms with Crippen molar-refractivity contribution in [3.05, 3.63) is 35.9 Å². The average molecular weight is 247 g/mol. The summed E-state index contributed by atoms with van der Waals surface area (Å²) in [6.07, 6.45) is 1.05. The molecule has 98 valence electrons. The Kier molecular flexibility index (Phi) is 4.02. The fraction of sp³-hybridized carbons (Fsp3) is 0.533. The summed E-state index contributed by atoms with van der Waals surface area (Å²) in [6.45, 7) is 6.24. The molecule has 0 amide bonds. The SMILES string of the molecule is CC(C)(C(=O)OCc1ccccc1)C1CCNC1. The van der Waals surface area contributed by atoms with Gasteiger partial charge in [-0.1, -0.05) is 30.3 Å². The van der Waals surface area contributed by atoms with Gasteiger partial charge in [-0.25, -0.2) is 0 Å². The Bertz CT molecular complexity index is 394. The highest BCUT2D eigenvalue weighted by Crippen LogP contribution is 2.32. The lowest BCUT2D eigenvalue weighted by atomic mass is 9.78. The van der Waals surface area contributed by atoms with E-state index in [1.165, 1.54) is 0 Å². The summed E-state index contributed by atoms with van der Waals surface area (Å²) in [5.41, 5.74) is 0.629. The third kappa shape index (κ3) is 2.91. The predicted molar refractivity (Wildman–Crippen MR) is 71.0 cm³/mol. The van der Waals surface area contributed by atoms with Crippen LogP contribution in [0.2, 0.25) is 0 Å². The smallest absolute Gasteiger partial charge is 0.312 e. The number of hydrogen-bond donors (Lipinski definition) is 1. The van der Waals surface area contributed by atoms with Crippen LogP contribution in [0.15, 0.2) is 30.3 Å².